The largest absolute Gasteiger partial charge is 0.350 e. The normalized spacial score (nSPS) is 17.6. The van der Waals surface area contributed by atoms with Crippen molar-refractivity contribution >= 4 is 17.2 Å². The van der Waals surface area contributed by atoms with Gasteiger partial charge in [-0.25, -0.2) is 0 Å². The van der Waals surface area contributed by atoms with Gasteiger partial charge >= 0.3 is 0 Å². The van der Waals surface area contributed by atoms with Crippen LogP contribution < -0.4 is 5.32 Å². The molecule has 5 nitrogen and oxygen atoms in total. The molecule has 1 aliphatic heterocycles. The second-order valence-electron chi connectivity index (χ2n) is 6.27. The van der Waals surface area contributed by atoms with E-state index < -0.39 is 0 Å². The van der Waals surface area contributed by atoms with Gasteiger partial charge in [-0.05, 0) is 37.6 Å². The first-order valence-electron chi connectivity index (χ1n) is 8.30. The van der Waals surface area contributed by atoms with Gasteiger partial charge in [-0.1, -0.05) is 6.07 Å². The van der Waals surface area contributed by atoms with Crippen molar-refractivity contribution in [3.63, 3.8) is 0 Å². The molecule has 0 aliphatic carbocycles. The first-order valence-corrected chi connectivity index (χ1v) is 9.18. The van der Waals surface area contributed by atoms with Crippen molar-refractivity contribution in [2.24, 2.45) is 0 Å². The molecular formula is C18H24N4OS. The molecule has 1 fully saturated rings. The molecule has 0 spiro atoms. The van der Waals surface area contributed by atoms with E-state index in [4.69, 9.17) is 0 Å². The molecule has 1 amide bonds. The predicted octanol–water partition coefficient (Wildman–Crippen LogP) is 2.17. The Morgan fingerprint density at radius 1 is 1.29 bits per heavy atom. The number of aryl methyl sites for hydroxylation is 1. The summed E-state index contributed by atoms with van der Waals surface area (Å²) in [5, 5.41) is 5.19. The van der Waals surface area contributed by atoms with Crippen LogP contribution in [0.3, 0.4) is 0 Å². The van der Waals surface area contributed by atoms with E-state index in [1.165, 1.54) is 4.88 Å². The van der Waals surface area contributed by atoms with E-state index in [2.05, 4.69) is 44.7 Å². The minimum atomic E-state index is -0.0572. The summed E-state index contributed by atoms with van der Waals surface area (Å²) in [4.78, 5) is 22.7. The van der Waals surface area contributed by atoms with Gasteiger partial charge in [0.1, 0.15) is 0 Å². The minimum Gasteiger partial charge on any atom is -0.350 e. The van der Waals surface area contributed by atoms with E-state index in [0.29, 0.717) is 12.1 Å². The second kappa shape index (κ2) is 7.88. The van der Waals surface area contributed by atoms with Crippen LogP contribution >= 0.6 is 11.3 Å². The van der Waals surface area contributed by atoms with Crippen molar-refractivity contribution in [2.75, 3.05) is 39.8 Å². The Hall–Kier alpha value is -1.76. The van der Waals surface area contributed by atoms with Crippen molar-refractivity contribution in [3.05, 3.63) is 52.0 Å². The first-order chi connectivity index (χ1) is 11.6. The van der Waals surface area contributed by atoms with Crippen LogP contribution in [0.5, 0.6) is 0 Å². The Morgan fingerprint density at radius 3 is 2.71 bits per heavy atom. The molecule has 2 aromatic heterocycles. The van der Waals surface area contributed by atoms with Crippen LogP contribution in [-0.2, 0) is 0 Å². The average molecular weight is 344 g/mol. The van der Waals surface area contributed by atoms with Crippen molar-refractivity contribution in [1.29, 1.82) is 0 Å². The highest BCUT2D eigenvalue weighted by atomic mass is 32.1. The molecular weight excluding hydrogens is 320 g/mol. The van der Waals surface area contributed by atoms with E-state index >= 15 is 0 Å². The van der Waals surface area contributed by atoms with E-state index in [-0.39, 0.29) is 11.9 Å². The zero-order valence-electron chi connectivity index (χ0n) is 14.2. The van der Waals surface area contributed by atoms with Gasteiger partial charge in [-0.3, -0.25) is 14.7 Å². The summed E-state index contributed by atoms with van der Waals surface area (Å²) < 4.78 is 0. The van der Waals surface area contributed by atoms with Gasteiger partial charge in [0.2, 0.25) is 0 Å². The third-order valence-electron chi connectivity index (χ3n) is 4.48. The van der Waals surface area contributed by atoms with Gasteiger partial charge in [0, 0.05) is 49.5 Å². The number of aromatic nitrogens is 1. The number of carbonyl (C=O) groups is 1. The number of hydrogen-bond acceptors (Lipinski definition) is 5. The van der Waals surface area contributed by atoms with Crippen LogP contribution in [0.1, 0.15) is 27.0 Å². The summed E-state index contributed by atoms with van der Waals surface area (Å²) in [6, 6.07) is 8.17. The van der Waals surface area contributed by atoms with Crippen LogP contribution in [0.25, 0.3) is 0 Å². The van der Waals surface area contributed by atoms with Crippen LogP contribution in [0, 0.1) is 6.92 Å². The standard InChI is InChI=1S/C18H24N4OS/c1-14-5-6-15(12-19-14)18(23)20-13-16(17-4-3-11-24-17)22-9-7-21(2)8-10-22/h3-6,11-12,16H,7-10,13H2,1-2H3,(H,20,23)/t16-/m0/s1. The lowest BCUT2D eigenvalue weighted by atomic mass is 10.1. The maximum atomic E-state index is 12.4. The van der Waals surface area contributed by atoms with Crippen LogP contribution in [0.4, 0.5) is 0 Å². The number of amides is 1. The molecule has 6 heteroatoms. The van der Waals surface area contributed by atoms with Crippen LogP contribution in [0.2, 0.25) is 0 Å². The van der Waals surface area contributed by atoms with Crippen molar-refractivity contribution in [1.82, 2.24) is 20.1 Å². The molecule has 1 saturated heterocycles. The summed E-state index contributed by atoms with van der Waals surface area (Å²) in [6.45, 7) is 6.73. The molecule has 0 radical (unpaired) electrons. The van der Waals surface area contributed by atoms with E-state index in [0.717, 1.165) is 31.9 Å². The highest BCUT2D eigenvalue weighted by molar-refractivity contribution is 7.10. The zero-order chi connectivity index (χ0) is 16.9. The Morgan fingerprint density at radius 2 is 2.08 bits per heavy atom. The van der Waals surface area contributed by atoms with Gasteiger partial charge < -0.3 is 10.2 Å². The molecule has 128 valence electrons. The molecule has 1 aliphatic rings. The summed E-state index contributed by atoms with van der Waals surface area (Å²) >= 11 is 1.76. The molecule has 1 N–H and O–H groups in total. The fourth-order valence-corrected chi connectivity index (χ4v) is 3.78. The van der Waals surface area contributed by atoms with Gasteiger partial charge in [0.25, 0.3) is 5.91 Å². The Balaban J connectivity index is 1.66. The zero-order valence-corrected chi connectivity index (χ0v) is 15.1. The van der Waals surface area contributed by atoms with Crippen molar-refractivity contribution < 1.29 is 4.79 Å². The molecule has 0 saturated carbocycles. The summed E-state index contributed by atoms with van der Waals surface area (Å²) in [5.74, 6) is -0.0572. The topological polar surface area (TPSA) is 48.5 Å². The van der Waals surface area contributed by atoms with E-state index in [1.807, 2.05) is 19.1 Å². The fraction of sp³-hybridized carbons (Fsp3) is 0.444. The predicted molar refractivity (Wildman–Crippen MR) is 97.4 cm³/mol. The lowest BCUT2D eigenvalue weighted by Gasteiger charge is -2.37. The number of piperazine rings is 1. The third-order valence-corrected chi connectivity index (χ3v) is 5.45. The quantitative estimate of drug-likeness (QED) is 0.903. The Labute approximate surface area is 147 Å². The molecule has 0 bridgehead atoms. The average Bonchev–Trinajstić information content (AvgIpc) is 3.11. The number of rotatable bonds is 5. The molecule has 2 aromatic rings. The third kappa shape index (κ3) is 4.20. The molecule has 0 aromatic carbocycles. The minimum absolute atomic E-state index is 0.0572. The maximum absolute atomic E-state index is 12.4. The number of pyridine rings is 1. The summed E-state index contributed by atoms with van der Waals surface area (Å²) in [7, 11) is 2.16. The van der Waals surface area contributed by atoms with Gasteiger partial charge in [-0.15, -0.1) is 11.3 Å². The maximum Gasteiger partial charge on any atom is 0.252 e. The van der Waals surface area contributed by atoms with E-state index in [9.17, 15) is 4.79 Å². The number of thiophene rings is 1. The highest BCUT2D eigenvalue weighted by Crippen LogP contribution is 2.25. The number of likely N-dealkylation sites (N-methyl/N-ethyl adjacent to an activating group) is 1. The van der Waals surface area contributed by atoms with Crippen molar-refractivity contribution in [3.8, 4) is 0 Å². The number of hydrogen-bond donors (Lipinski definition) is 1. The Bertz CT molecular complexity index is 648. The lowest BCUT2D eigenvalue weighted by Crippen LogP contribution is -2.48. The van der Waals surface area contributed by atoms with Crippen LogP contribution in [0.15, 0.2) is 35.8 Å². The summed E-state index contributed by atoms with van der Waals surface area (Å²) in [6.07, 6.45) is 1.64. The van der Waals surface area contributed by atoms with Crippen molar-refractivity contribution in [2.45, 2.75) is 13.0 Å². The second-order valence-corrected chi connectivity index (χ2v) is 7.25. The monoisotopic (exact) mass is 344 g/mol. The molecule has 24 heavy (non-hydrogen) atoms. The van der Waals surface area contributed by atoms with E-state index in [1.54, 1.807) is 17.5 Å². The number of carbonyl (C=O) groups excluding carboxylic acids is 1. The van der Waals surface area contributed by atoms with Crippen LogP contribution in [-0.4, -0.2) is 60.5 Å². The molecule has 0 unspecified atom stereocenters. The van der Waals surface area contributed by atoms with Gasteiger partial charge in [0.05, 0.1) is 11.6 Å². The molecule has 3 heterocycles. The molecule has 3 rings (SSSR count). The Kier molecular flexibility index (Phi) is 5.60. The summed E-state index contributed by atoms with van der Waals surface area (Å²) in [5.41, 5.74) is 1.53. The van der Waals surface area contributed by atoms with Gasteiger partial charge in [0.15, 0.2) is 0 Å². The van der Waals surface area contributed by atoms with Gasteiger partial charge in [-0.2, -0.15) is 0 Å². The highest BCUT2D eigenvalue weighted by Gasteiger charge is 2.25. The number of nitrogens with one attached hydrogen (secondary N) is 1. The smallest absolute Gasteiger partial charge is 0.252 e. The molecule has 1 atom stereocenters. The first kappa shape index (κ1) is 17.1. The fourth-order valence-electron chi connectivity index (χ4n) is 2.92. The SMILES string of the molecule is Cc1ccc(C(=O)NC[C@@H](c2cccs2)N2CCN(C)CC2)cn1. The number of nitrogens with zero attached hydrogens (tertiary/aromatic N) is 3. The lowest BCUT2D eigenvalue weighted by molar-refractivity contribution is 0.0890.